The molecule has 0 saturated carbocycles. The normalized spacial score (nSPS) is 11.4. The van der Waals surface area contributed by atoms with Gasteiger partial charge in [0.05, 0.1) is 4.90 Å². The van der Waals surface area contributed by atoms with Crippen molar-refractivity contribution in [3.8, 4) is 11.5 Å². The Bertz CT molecular complexity index is 752. The molecule has 4 nitrogen and oxygen atoms in total. The minimum Gasteiger partial charge on any atom is -0.457 e. The zero-order valence-electron chi connectivity index (χ0n) is 11.7. The number of nitrogens with two attached hydrogens (primary N) is 1. The van der Waals surface area contributed by atoms with Gasteiger partial charge in [-0.1, -0.05) is 6.07 Å². The summed E-state index contributed by atoms with van der Waals surface area (Å²) in [5.41, 5.74) is 2.90. The summed E-state index contributed by atoms with van der Waals surface area (Å²) in [4.78, 5) is 0.116. The van der Waals surface area contributed by atoms with Crippen molar-refractivity contribution in [2.45, 2.75) is 25.7 Å². The van der Waals surface area contributed by atoms with Crippen molar-refractivity contribution < 1.29 is 13.2 Å². The molecule has 106 valence electrons. The highest BCUT2D eigenvalue weighted by molar-refractivity contribution is 7.89. The van der Waals surface area contributed by atoms with Gasteiger partial charge < -0.3 is 4.74 Å². The van der Waals surface area contributed by atoms with E-state index in [1.165, 1.54) is 11.6 Å². The number of hydrogen-bond donors (Lipinski definition) is 1. The Morgan fingerprint density at radius 1 is 0.850 bits per heavy atom. The van der Waals surface area contributed by atoms with Crippen molar-refractivity contribution in [1.82, 2.24) is 0 Å². The molecule has 0 aliphatic rings. The maximum absolute atomic E-state index is 11.3. The number of sulfonamides is 1. The van der Waals surface area contributed by atoms with Crippen LogP contribution in [0, 0.1) is 20.8 Å². The van der Waals surface area contributed by atoms with Crippen LogP contribution in [0.4, 0.5) is 0 Å². The largest absolute Gasteiger partial charge is 0.457 e. The van der Waals surface area contributed by atoms with Crippen LogP contribution >= 0.6 is 0 Å². The third-order valence-electron chi connectivity index (χ3n) is 3.17. The summed E-state index contributed by atoms with van der Waals surface area (Å²) >= 11 is 0. The van der Waals surface area contributed by atoms with Crippen LogP contribution in [0.25, 0.3) is 0 Å². The molecular weight excluding hydrogens is 274 g/mol. The van der Waals surface area contributed by atoms with Gasteiger partial charge in [0.25, 0.3) is 0 Å². The topological polar surface area (TPSA) is 69.4 Å². The van der Waals surface area contributed by atoms with Gasteiger partial charge in [0.2, 0.25) is 10.0 Å². The summed E-state index contributed by atoms with van der Waals surface area (Å²) in [7, 11) is -3.69. The lowest BCUT2D eigenvalue weighted by atomic mass is 10.1. The van der Waals surface area contributed by atoms with Gasteiger partial charge in [0.1, 0.15) is 11.5 Å². The molecule has 0 atom stereocenters. The molecule has 0 unspecified atom stereocenters. The highest BCUT2D eigenvalue weighted by Gasteiger charge is 2.12. The van der Waals surface area contributed by atoms with Gasteiger partial charge in [-0.2, -0.15) is 0 Å². The average Bonchev–Trinajstić information content (AvgIpc) is 2.32. The van der Waals surface area contributed by atoms with Crippen molar-refractivity contribution in [2.75, 3.05) is 0 Å². The molecule has 2 rings (SSSR count). The van der Waals surface area contributed by atoms with E-state index in [2.05, 4.69) is 0 Å². The number of benzene rings is 2. The Hall–Kier alpha value is -1.85. The van der Waals surface area contributed by atoms with Crippen molar-refractivity contribution >= 4 is 10.0 Å². The third-order valence-corrected chi connectivity index (χ3v) is 4.24. The number of primary sulfonamides is 1. The highest BCUT2D eigenvalue weighted by Crippen LogP contribution is 2.26. The van der Waals surface area contributed by atoms with Crippen LogP contribution in [-0.4, -0.2) is 8.42 Å². The van der Waals surface area contributed by atoms with Crippen LogP contribution in [-0.2, 0) is 10.0 Å². The molecule has 0 bridgehead atoms. The maximum atomic E-state index is 11.3. The van der Waals surface area contributed by atoms with E-state index in [0.29, 0.717) is 11.3 Å². The van der Waals surface area contributed by atoms with Crippen LogP contribution in [0.2, 0.25) is 0 Å². The second kappa shape index (κ2) is 5.26. The lowest BCUT2D eigenvalue weighted by molar-refractivity contribution is 0.481. The van der Waals surface area contributed by atoms with E-state index >= 15 is 0 Å². The zero-order valence-corrected chi connectivity index (χ0v) is 12.5. The second-order valence-electron chi connectivity index (χ2n) is 4.82. The molecule has 0 amide bonds. The predicted molar refractivity (Wildman–Crippen MR) is 78.5 cm³/mol. The Labute approximate surface area is 119 Å². The predicted octanol–water partition coefficient (Wildman–Crippen LogP) is 3.05. The number of rotatable bonds is 3. The molecular formula is C15H17NO3S. The first-order chi connectivity index (χ1) is 9.27. The van der Waals surface area contributed by atoms with E-state index in [1.807, 2.05) is 32.0 Å². The number of hydrogen-bond acceptors (Lipinski definition) is 3. The smallest absolute Gasteiger partial charge is 0.238 e. The molecule has 0 aliphatic heterocycles. The molecule has 0 heterocycles. The summed E-state index contributed by atoms with van der Waals surface area (Å²) in [6.45, 7) is 5.73. The van der Waals surface area contributed by atoms with Crippen LogP contribution in [0.5, 0.6) is 11.5 Å². The van der Waals surface area contributed by atoms with Gasteiger partial charge >= 0.3 is 0 Å². The fourth-order valence-electron chi connectivity index (χ4n) is 1.92. The fraction of sp³-hybridized carbons (Fsp3) is 0.200. The van der Waals surface area contributed by atoms with Crippen LogP contribution in [0.15, 0.2) is 41.3 Å². The van der Waals surface area contributed by atoms with Crippen LogP contribution < -0.4 is 9.88 Å². The molecule has 2 aromatic carbocycles. The molecule has 2 aromatic rings. The van der Waals surface area contributed by atoms with Gasteiger partial charge in [-0.25, -0.2) is 13.6 Å². The lowest BCUT2D eigenvalue weighted by Gasteiger charge is -2.10. The van der Waals surface area contributed by atoms with E-state index in [-0.39, 0.29) is 4.90 Å². The molecule has 2 N–H and O–H groups in total. The van der Waals surface area contributed by atoms with Crippen molar-refractivity contribution in [3.05, 3.63) is 53.1 Å². The Kier molecular flexibility index (Phi) is 3.83. The van der Waals surface area contributed by atoms with Gasteiger partial charge in [-0.05, 0) is 67.8 Å². The molecule has 0 aliphatic carbocycles. The minimum absolute atomic E-state index is 0.116. The van der Waals surface area contributed by atoms with E-state index < -0.39 is 10.0 Å². The van der Waals surface area contributed by atoms with Gasteiger partial charge in [-0.15, -0.1) is 0 Å². The van der Waals surface area contributed by atoms with E-state index in [1.54, 1.807) is 19.1 Å². The van der Waals surface area contributed by atoms with Crippen LogP contribution in [0.1, 0.15) is 16.7 Å². The summed E-state index contributed by atoms with van der Waals surface area (Å²) in [6, 6.07) is 10.5. The van der Waals surface area contributed by atoms with Crippen molar-refractivity contribution in [2.24, 2.45) is 5.14 Å². The first-order valence-electron chi connectivity index (χ1n) is 6.16. The zero-order chi connectivity index (χ0) is 14.9. The molecule has 5 heteroatoms. The Morgan fingerprint density at radius 3 is 1.90 bits per heavy atom. The number of aryl methyl sites for hydroxylation is 3. The summed E-state index contributed by atoms with van der Waals surface area (Å²) < 4.78 is 28.4. The summed E-state index contributed by atoms with van der Waals surface area (Å²) in [5, 5.41) is 5.13. The summed E-state index contributed by atoms with van der Waals surface area (Å²) in [6.07, 6.45) is 0. The quantitative estimate of drug-likeness (QED) is 0.945. The highest BCUT2D eigenvalue weighted by atomic mass is 32.2. The molecule has 0 spiro atoms. The minimum atomic E-state index is -3.69. The molecule has 0 saturated heterocycles. The SMILES string of the molecule is Cc1ccc(Oc2ccc(S(N)(=O)=O)c(C)c2)cc1C. The van der Waals surface area contributed by atoms with Crippen LogP contribution in [0.3, 0.4) is 0 Å². The second-order valence-corrected chi connectivity index (χ2v) is 6.35. The first kappa shape index (κ1) is 14.6. The monoisotopic (exact) mass is 291 g/mol. The Balaban J connectivity index is 2.31. The molecule has 0 fully saturated rings. The molecule has 0 aromatic heterocycles. The molecule has 20 heavy (non-hydrogen) atoms. The fourth-order valence-corrected chi connectivity index (χ4v) is 2.68. The number of ether oxygens (including phenoxy) is 1. The van der Waals surface area contributed by atoms with E-state index in [9.17, 15) is 8.42 Å². The average molecular weight is 291 g/mol. The first-order valence-corrected chi connectivity index (χ1v) is 7.70. The summed E-state index contributed by atoms with van der Waals surface area (Å²) in [5.74, 6) is 1.30. The third kappa shape index (κ3) is 3.18. The van der Waals surface area contributed by atoms with Crippen molar-refractivity contribution in [1.29, 1.82) is 0 Å². The standard InChI is InChI=1S/C15H17NO3S/c1-10-4-5-13(8-11(10)2)19-14-6-7-15(12(3)9-14)20(16,17)18/h4-9H,1-3H3,(H2,16,17,18). The Morgan fingerprint density at radius 2 is 1.40 bits per heavy atom. The van der Waals surface area contributed by atoms with Gasteiger partial charge in [-0.3, -0.25) is 0 Å². The van der Waals surface area contributed by atoms with Gasteiger partial charge in [0.15, 0.2) is 0 Å². The lowest BCUT2D eigenvalue weighted by Crippen LogP contribution is -2.13. The van der Waals surface area contributed by atoms with E-state index in [0.717, 1.165) is 11.3 Å². The van der Waals surface area contributed by atoms with Crippen molar-refractivity contribution in [3.63, 3.8) is 0 Å². The maximum Gasteiger partial charge on any atom is 0.238 e. The van der Waals surface area contributed by atoms with E-state index in [4.69, 9.17) is 9.88 Å². The molecule has 0 radical (unpaired) electrons. The van der Waals surface area contributed by atoms with Gasteiger partial charge in [0, 0.05) is 0 Å².